The summed E-state index contributed by atoms with van der Waals surface area (Å²) in [5.74, 6) is 1.06. The van der Waals surface area contributed by atoms with E-state index in [0.29, 0.717) is 18.4 Å². The molecule has 0 spiro atoms. The maximum Gasteiger partial charge on any atom is 0.124 e. The fourth-order valence-electron chi connectivity index (χ4n) is 1.55. The first-order chi connectivity index (χ1) is 7.74. The Labute approximate surface area is 97.0 Å². The van der Waals surface area contributed by atoms with Crippen LogP contribution in [0, 0.1) is 5.92 Å². The minimum atomic E-state index is 0.306. The van der Waals surface area contributed by atoms with Crippen molar-refractivity contribution in [3.63, 3.8) is 0 Å². The largest absolute Gasteiger partial charge is 0.396 e. The predicted octanol–water partition coefficient (Wildman–Crippen LogP) is 1.78. The Morgan fingerprint density at radius 2 is 2.12 bits per heavy atom. The van der Waals surface area contributed by atoms with Crippen molar-refractivity contribution in [2.24, 2.45) is 5.92 Å². The first-order valence-corrected chi connectivity index (χ1v) is 5.96. The molecule has 0 atom stereocenters. The van der Waals surface area contributed by atoms with E-state index in [2.05, 4.69) is 10.5 Å². The van der Waals surface area contributed by atoms with Gasteiger partial charge in [0.1, 0.15) is 6.26 Å². The molecule has 0 unspecified atom stereocenters. The number of hydrogen-bond acceptors (Lipinski definition) is 4. The van der Waals surface area contributed by atoms with Crippen molar-refractivity contribution >= 4 is 0 Å². The number of nitrogens with zero attached hydrogens (tertiary/aromatic N) is 1. The van der Waals surface area contributed by atoms with Crippen molar-refractivity contribution in [1.82, 2.24) is 10.5 Å². The topological polar surface area (TPSA) is 58.3 Å². The number of nitrogens with one attached hydrogen (secondary N) is 1. The van der Waals surface area contributed by atoms with Crippen molar-refractivity contribution in [1.29, 1.82) is 0 Å². The lowest BCUT2D eigenvalue weighted by atomic mass is 9.95. The van der Waals surface area contributed by atoms with Gasteiger partial charge in [-0.05, 0) is 31.8 Å². The molecule has 0 aliphatic carbocycles. The Hall–Kier alpha value is -0.870. The van der Waals surface area contributed by atoms with Crippen LogP contribution >= 0.6 is 0 Å². The summed E-state index contributed by atoms with van der Waals surface area (Å²) >= 11 is 0. The Bertz CT molecular complexity index is 254. The van der Waals surface area contributed by atoms with E-state index in [4.69, 9.17) is 9.63 Å². The third-order valence-electron chi connectivity index (χ3n) is 2.58. The number of aromatic nitrogens is 1. The fourth-order valence-corrected chi connectivity index (χ4v) is 1.55. The minimum Gasteiger partial charge on any atom is -0.396 e. The third-order valence-corrected chi connectivity index (χ3v) is 2.58. The maximum absolute atomic E-state index is 8.14. The van der Waals surface area contributed by atoms with E-state index in [0.717, 1.165) is 18.8 Å². The van der Waals surface area contributed by atoms with Crippen LogP contribution in [0.4, 0.5) is 0 Å². The average molecular weight is 226 g/mol. The highest BCUT2D eigenvalue weighted by molar-refractivity contribution is 5.05. The summed E-state index contributed by atoms with van der Waals surface area (Å²) in [6.07, 6.45) is 4.02. The normalized spacial score (nSPS) is 17.0. The second-order valence-electron chi connectivity index (χ2n) is 4.53. The summed E-state index contributed by atoms with van der Waals surface area (Å²) in [7, 11) is 0. The quantitative estimate of drug-likeness (QED) is 0.807. The molecule has 1 fully saturated rings. The van der Waals surface area contributed by atoms with Gasteiger partial charge in [-0.25, -0.2) is 0 Å². The average Bonchev–Trinajstić information content (AvgIpc) is 2.84. The van der Waals surface area contributed by atoms with E-state index in [9.17, 15) is 0 Å². The van der Waals surface area contributed by atoms with Gasteiger partial charge in [0, 0.05) is 18.6 Å². The van der Waals surface area contributed by atoms with Gasteiger partial charge in [-0.3, -0.25) is 0 Å². The molecule has 1 aromatic rings. The number of aliphatic hydroxyl groups excluding tert-OH is 1. The second kappa shape index (κ2) is 7.41. The monoisotopic (exact) mass is 226 g/mol. The molecule has 2 rings (SSSR count). The first-order valence-electron chi connectivity index (χ1n) is 5.96. The highest BCUT2D eigenvalue weighted by Gasteiger charge is 2.16. The highest BCUT2D eigenvalue weighted by Crippen LogP contribution is 2.22. The van der Waals surface area contributed by atoms with Crippen LogP contribution in [0.25, 0.3) is 0 Å². The van der Waals surface area contributed by atoms with E-state index in [1.165, 1.54) is 12.8 Å². The Morgan fingerprint density at radius 3 is 2.56 bits per heavy atom. The van der Waals surface area contributed by atoms with Gasteiger partial charge in [0.05, 0.1) is 5.69 Å². The van der Waals surface area contributed by atoms with E-state index in [1.54, 1.807) is 6.26 Å². The maximum atomic E-state index is 8.14. The zero-order valence-corrected chi connectivity index (χ0v) is 10.1. The van der Waals surface area contributed by atoms with Crippen LogP contribution < -0.4 is 5.32 Å². The fraction of sp³-hybridized carbons (Fsp3) is 0.750. The molecule has 0 bridgehead atoms. The van der Waals surface area contributed by atoms with Crippen LogP contribution in [-0.2, 0) is 0 Å². The van der Waals surface area contributed by atoms with Crippen molar-refractivity contribution in [3.05, 3.63) is 18.0 Å². The molecule has 2 heterocycles. The zero-order chi connectivity index (χ0) is 11.8. The Morgan fingerprint density at radius 1 is 1.50 bits per heavy atom. The lowest BCUT2D eigenvalue weighted by Crippen LogP contribution is -2.26. The molecule has 1 aromatic heterocycles. The molecule has 0 amide bonds. The number of aliphatic hydroxyl groups is 1. The number of rotatable bonds is 2. The summed E-state index contributed by atoms with van der Waals surface area (Å²) in [5, 5.41) is 15.4. The van der Waals surface area contributed by atoms with Crippen LogP contribution in [0.5, 0.6) is 0 Å². The Balaban J connectivity index is 0.000000221. The summed E-state index contributed by atoms with van der Waals surface area (Å²) in [6.45, 7) is 6.47. The molecule has 1 saturated heterocycles. The van der Waals surface area contributed by atoms with Crippen molar-refractivity contribution < 1.29 is 9.63 Å². The molecule has 0 saturated carbocycles. The standard InChI is InChI=1S/C8H12N2O.C4H10O/c1-4-9-5-2-7(1)8-3-6-11-10-8;1-4(2)3-5/h3,6-7,9H,1-2,4-5H2;4-5H,3H2,1-2H3. The molecule has 4 heteroatoms. The van der Waals surface area contributed by atoms with Crippen LogP contribution in [0.1, 0.15) is 38.3 Å². The number of piperidine rings is 1. The SMILES string of the molecule is CC(C)CO.c1cc(C2CCNCC2)no1. The molecular weight excluding hydrogens is 204 g/mol. The van der Waals surface area contributed by atoms with Gasteiger partial charge < -0.3 is 14.9 Å². The molecule has 0 radical (unpaired) electrons. The van der Waals surface area contributed by atoms with Crippen LogP contribution in [0.2, 0.25) is 0 Å². The molecule has 2 N–H and O–H groups in total. The van der Waals surface area contributed by atoms with Crippen molar-refractivity contribution in [2.75, 3.05) is 19.7 Å². The number of hydrogen-bond donors (Lipinski definition) is 2. The highest BCUT2D eigenvalue weighted by atomic mass is 16.5. The third kappa shape index (κ3) is 4.77. The first kappa shape index (κ1) is 13.2. The van der Waals surface area contributed by atoms with E-state index in [-0.39, 0.29) is 0 Å². The van der Waals surface area contributed by atoms with Crippen LogP contribution in [0.15, 0.2) is 16.9 Å². The van der Waals surface area contributed by atoms with E-state index in [1.807, 2.05) is 19.9 Å². The summed E-state index contributed by atoms with van der Waals surface area (Å²) in [4.78, 5) is 0. The zero-order valence-electron chi connectivity index (χ0n) is 10.1. The molecule has 16 heavy (non-hydrogen) atoms. The van der Waals surface area contributed by atoms with Gasteiger partial charge in [0.25, 0.3) is 0 Å². The van der Waals surface area contributed by atoms with Gasteiger partial charge in [0.2, 0.25) is 0 Å². The molecule has 1 aliphatic heterocycles. The molecule has 92 valence electrons. The van der Waals surface area contributed by atoms with Gasteiger partial charge in [0.15, 0.2) is 0 Å². The van der Waals surface area contributed by atoms with Gasteiger partial charge in [-0.1, -0.05) is 19.0 Å². The van der Waals surface area contributed by atoms with Gasteiger partial charge in [-0.2, -0.15) is 0 Å². The summed E-state index contributed by atoms with van der Waals surface area (Å²) < 4.78 is 4.80. The van der Waals surface area contributed by atoms with Gasteiger partial charge >= 0.3 is 0 Å². The lowest BCUT2D eigenvalue weighted by Gasteiger charge is -2.19. The lowest BCUT2D eigenvalue weighted by molar-refractivity contribution is 0.248. The van der Waals surface area contributed by atoms with Crippen LogP contribution in [-0.4, -0.2) is 30.0 Å². The van der Waals surface area contributed by atoms with E-state index >= 15 is 0 Å². The smallest absolute Gasteiger partial charge is 0.124 e. The van der Waals surface area contributed by atoms with Crippen molar-refractivity contribution in [3.8, 4) is 0 Å². The predicted molar refractivity (Wildman–Crippen MR) is 63.3 cm³/mol. The summed E-state index contributed by atoms with van der Waals surface area (Å²) in [5.41, 5.74) is 1.12. The van der Waals surface area contributed by atoms with E-state index < -0.39 is 0 Å². The molecular formula is C12H22N2O2. The molecule has 4 nitrogen and oxygen atoms in total. The molecule has 1 aliphatic rings. The second-order valence-corrected chi connectivity index (χ2v) is 4.53. The minimum absolute atomic E-state index is 0.306. The van der Waals surface area contributed by atoms with Crippen LogP contribution in [0.3, 0.4) is 0 Å². The van der Waals surface area contributed by atoms with Gasteiger partial charge in [-0.15, -0.1) is 0 Å². The molecule has 0 aromatic carbocycles. The van der Waals surface area contributed by atoms with Crippen molar-refractivity contribution in [2.45, 2.75) is 32.6 Å². The Kier molecular flexibility index (Phi) is 6.11. The summed E-state index contributed by atoms with van der Waals surface area (Å²) in [6, 6.07) is 1.97.